The van der Waals surface area contributed by atoms with Gasteiger partial charge in [-0.3, -0.25) is 9.59 Å². The molecule has 1 heterocycles. The van der Waals surface area contributed by atoms with E-state index in [4.69, 9.17) is 0 Å². The van der Waals surface area contributed by atoms with Crippen LogP contribution in [0.3, 0.4) is 0 Å². The summed E-state index contributed by atoms with van der Waals surface area (Å²) < 4.78 is 0. The minimum atomic E-state index is -0.196. The summed E-state index contributed by atoms with van der Waals surface area (Å²) in [7, 11) is 0. The van der Waals surface area contributed by atoms with Crippen LogP contribution in [0.4, 0.5) is 0 Å². The minimum absolute atomic E-state index is 0.0210. The molecule has 0 aliphatic rings. The molecule has 1 rings (SSSR count). The molecule has 15 heavy (non-hydrogen) atoms. The van der Waals surface area contributed by atoms with Gasteiger partial charge < -0.3 is 5.32 Å². The summed E-state index contributed by atoms with van der Waals surface area (Å²) in [5.41, 5.74) is 1.27. The lowest BCUT2D eigenvalue weighted by Gasteiger charge is -2.03. The van der Waals surface area contributed by atoms with Crippen molar-refractivity contribution in [3.05, 3.63) is 21.9 Å². The number of carbonyl (C=O) groups excluding carboxylic acids is 2. The van der Waals surface area contributed by atoms with E-state index in [1.807, 2.05) is 5.38 Å². The number of Topliss-reactive ketones (excluding diaryl/α,β-unsaturated/α-hetero) is 1. The Morgan fingerprint density at radius 1 is 1.47 bits per heavy atom. The van der Waals surface area contributed by atoms with Gasteiger partial charge >= 0.3 is 0 Å². The van der Waals surface area contributed by atoms with Gasteiger partial charge in [-0.2, -0.15) is 0 Å². The molecule has 0 fully saturated rings. The number of hydrogen-bond donors (Lipinski definition) is 1. The predicted molar refractivity (Wildman–Crippen MR) is 60.8 cm³/mol. The zero-order valence-electron chi connectivity index (χ0n) is 9.00. The number of amides is 1. The highest BCUT2D eigenvalue weighted by atomic mass is 32.1. The van der Waals surface area contributed by atoms with Crippen molar-refractivity contribution in [2.45, 2.75) is 33.2 Å². The van der Waals surface area contributed by atoms with Crippen LogP contribution in [-0.4, -0.2) is 11.7 Å². The lowest BCUT2D eigenvalue weighted by Crippen LogP contribution is -2.24. The summed E-state index contributed by atoms with van der Waals surface area (Å²) in [5.74, 6) is -0.299. The molecular weight excluding hydrogens is 210 g/mol. The normalized spacial score (nSPS) is 10.0. The molecule has 0 bridgehead atoms. The molecule has 0 spiro atoms. The molecule has 0 aliphatic carbocycles. The summed E-state index contributed by atoms with van der Waals surface area (Å²) in [6.45, 7) is 4.04. The first-order chi connectivity index (χ1) is 7.13. The van der Waals surface area contributed by atoms with E-state index >= 15 is 0 Å². The number of hydrogen-bond acceptors (Lipinski definition) is 3. The van der Waals surface area contributed by atoms with Crippen molar-refractivity contribution in [2.24, 2.45) is 0 Å². The first-order valence-corrected chi connectivity index (χ1v) is 5.82. The van der Waals surface area contributed by atoms with Crippen molar-refractivity contribution in [3.63, 3.8) is 0 Å². The van der Waals surface area contributed by atoms with Crippen molar-refractivity contribution in [2.75, 3.05) is 0 Å². The number of ketones is 1. The maximum absolute atomic E-state index is 11.2. The second kappa shape index (κ2) is 5.66. The maximum Gasteiger partial charge on any atom is 0.227 e. The zero-order chi connectivity index (χ0) is 11.3. The Kier molecular flexibility index (Phi) is 4.49. The molecule has 0 saturated carbocycles. The fourth-order valence-corrected chi connectivity index (χ4v) is 2.22. The number of thiophene rings is 1. The topological polar surface area (TPSA) is 46.2 Å². The standard InChI is InChI=1S/C11H15NO2S/c1-3-9-4-5-15-10(9)7-12-11(14)6-8(2)13/h4-5H,3,6-7H2,1-2H3,(H,12,14). The lowest BCUT2D eigenvalue weighted by molar-refractivity contribution is -0.127. The average Bonchev–Trinajstić information content (AvgIpc) is 2.60. The fourth-order valence-electron chi connectivity index (χ4n) is 1.30. The number of nitrogens with one attached hydrogen (secondary N) is 1. The summed E-state index contributed by atoms with van der Waals surface area (Å²) in [6.07, 6.45) is 0.953. The molecule has 82 valence electrons. The van der Waals surface area contributed by atoms with Gasteiger partial charge in [-0.25, -0.2) is 0 Å². The third kappa shape index (κ3) is 3.83. The van der Waals surface area contributed by atoms with Crippen molar-refractivity contribution in [3.8, 4) is 0 Å². The Morgan fingerprint density at radius 3 is 2.80 bits per heavy atom. The molecule has 1 aromatic rings. The van der Waals surface area contributed by atoms with Crippen LogP contribution >= 0.6 is 11.3 Å². The molecule has 0 atom stereocenters. The summed E-state index contributed by atoms with van der Waals surface area (Å²) in [5, 5.41) is 4.76. The Labute approximate surface area is 93.5 Å². The Hall–Kier alpha value is -1.16. The predicted octanol–water partition coefficient (Wildman–Crippen LogP) is 1.91. The van der Waals surface area contributed by atoms with E-state index in [-0.39, 0.29) is 18.1 Å². The monoisotopic (exact) mass is 225 g/mol. The van der Waals surface area contributed by atoms with E-state index in [0.717, 1.165) is 6.42 Å². The van der Waals surface area contributed by atoms with Gasteiger partial charge in [-0.1, -0.05) is 6.92 Å². The molecule has 4 heteroatoms. The van der Waals surface area contributed by atoms with Crippen molar-refractivity contribution >= 4 is 23.0 Å². The van der Waals surface area contributed by atoms with Gasteiger partial charge in [0.1, 0.15) is 5.78 Å². The van der Waals surface area contributed by atoms with Gasteiger partial charge in [0.05, 0.1) is 13.0 Å². The second-order valence-corrected chi connectivity index (χ2v) is 4.38. The Morgan fingerprint density at radius 2 is 2.20 bits per heavy atom. The largest absolute Gasteiger partial charge is 0.351 e. The van der Waals surface area contributed by atoms with Crippen molar-refractivity contribution in [1.29, 1.82) is 0 Å². The van der Waals surface area contributed by atoms with Gasteiger partial charge in [0.25, 0.3) is 0 Å². The van der Waals surface area contributed by atoms with Crippen LogP contribution in [0.25, 0.3) is 0 Å². The van der Waals surface area contributed by atoms with Gasteiger partial charge in [-0.15, -0.1) is 11.3 Å². The number of carbonyl (C=O) groups is 2. The third-order valence-electron chi connectivity index (χ3n) is 2.07. The van der Waals surface area contributed by atoms with Crippen molar-refractivity contribution in [1.82, 2.24) is 5.32 Å². The fraction of sp³-hybridized carbons (Fsp3) is 0.455. The highest BCUT2D eigenvalue weighted by molar-refractivity contribution is 7.10. The van der Waals surface area contributed by atoms with Gasteiger partial charge in [0, 0.05) is 4.88 Å². The van der Waals surface area contributed by atoms with E-state index < -0.39 is 0 Å². The van der Waals surface area contributed by atoms with Crippen LogP contribution in [0.5, 0.6) is 0 Å². The van der Waals surface area contributed by atoms with Crippen LogP contribution in [0.15, 0.2) is 11.4 Å². The van der Waals surface area contributed by atoms with Gasteiger partial charge in [-0.05, 0) is 30.4 Å². The molecule has 0 unspecified atom stereocenters. The molecular formula is C11H15NO2S. The molecule has 3 nitrogen and oxygen atoms in total. The van der Waals surface area contributed by atoms with E-state index in [1.54, 1.807) is 11.3 Å². The SMILES string of the molecule is CCc1ccsc1CNC(=O)CC(C)=O. The van der Waals surface area contributed by atoms with Crippen LogP contribution in [0.1, 0.15) is 30.7 Å². The molecule has 1 N–H and O–H groups in total. The van der Waals surface area contributed by atoms with Crippen LogP contribution < -0.4 is 5.32 Å². The maximum atomic E-state index is 11.2. The first-order valence-electron chi connectivity index (χ1n) is 4.94. The highest BCUT2D eigenvalue weighted by Gasteiger charge is 2.06. The van der Waals surface area contributed by atoms with Crippen LogP contribution in [0, 0.1) is 0 Å². The van der Waals surface area contributed by atoms with Crippen LogP contribution in [-0.2, 0) is 22.6 Å². The molecule has 0 aromatic carbocycles. The first kappa shape index (κ1) is 11.9. The smallest absolute Gasteiger partial charge is 0.227 e. The number of aryl methyl sites for hydroxylation is 1. The summed E-state index contributed by atoms with van der Waals surface area (Å²) >= 11 is 1.64. The van der Waals surface area contributed by atoms with Gasteiger partial charge in [0.2, 0.25) is 5.91 Å². The third-order valence-corrected chi connectivity index (χ3v) is 3.04. The van der Waals surface area contributed by atoms with E-state index in [0.29, 0.717) is 6.54 Å². The number of rotatable bonds is 5. The molecule has 0 saturated heterocycles. The van der Waals surface area contributed by atoms with E-state index in [1.165, 1.54) is 17.4 Å². The molecule has 1 aromatic heterocycles. The van der Waals surface area contributed by atoms with Crippen molar-refractivity contribution < 1.29 is 9.59 Å². The highest BCUT2D eigenvalue weighted by Crippen LogP contribution is 2.16. The Balaban J connectivity index is 2.43. The molecule has 1 amide bonds. The molecule has 0 aliphatic heterocycles. The average molecular weight is 225 g/mol. The van der Waals surface area contributed by atoms with E-state index in [2.05, 4.69) is 18.3 Å². The minimum Gasteiger partial charge on any atom is -0.351 e. The molecule has 0 radical (unpaired) electrons. The van der Waals surface area contributed by atoms with Gasteiger partial charge in [0.15, 0.2) is 0 Å². The van der Waals surface area contributed by atoms with Crippen LogP contribution in [0.2, 0.25) is 0 Å². The van der Waals surface area contributed by atoms with E-state index in [9.17, 15) is 9.59 Å². The zero-order valence-corrected chi connectivity index (χ0v) is 9.82. The Bertz CT molecular complexity index is 357. The second-order valence-electron chi connectivity index (χ2n) is 3.38. The quantitative estimate of drug-likeness (QED) is 0.778. The summed E-state index contributed by atoms with van der Waals surface area (Å²) in [6, 6.07) is 2.07. The lowest BCUT2D eigenvalue weighted by atomic mass is 10.2. The summed E-state index contributed by atoms with van der Waals surface area (Å²) in [4.78, 5) is 23.1.